The Morgan fingerprint density at radius 3 is 2.35 bits per heavy atom. The molecule has 3 N–H and O–H groups in total. The second-order valence-corrected chi connectivity index (χ2v) is 9.51. The first-order valence-corrected chi connectivity index (χ1v) is 12.0. The molecule has 8 nitrogen and oxygen atoms in total. The largest absolute Gasteiger partial charge is 0.372 e. The van der Waals surface area contributed by atoms with Crippen LogP contribution >= 0.6 is 0 Å². The van der Waals surface area contributed by atoms with Gasteiger partial charge in [0.05, 0.1) is 29.3 Å². The molecule has 0 bridgehead atoms. The fraction of sp³-hybridized carbons (Fsp3) is 0.409. The predicted octanol–water partition coefficient (Wildman–Crippen LogP) is 2.54. The number of nitrogens with zero attached hydrogens (tertiary/aromatic N) is 1. The van der Waals surface area contributed by atoms with Crippen LogP contribution in [-0.4, -0.2) is 52.8 Å². The Hall–Kier alpha value is -2.62. The number of amides is 2. The van der Waals surface area contributed by atoms with E-state index in [0.717, 1.165) is 18.8 Å². The molecule has 3 rings (SSSR count). The molecule has 2 aromatic carbocycles. The van der Waals surface area contributed by atoms with Gasteiger partial charge in [0.25, 0.3) is 0 Å². The lowest BCUT2D eigenvalue weighted by atomic mass is 10.1. The van der Waals surface area contributed by atoms with Crippen molar-refractivity contribution in [3.8, 4) is 0 Å². The van der Waals surface area contributed by atoms with Crippen molar-refractivity contribution >= 4 is 27.4 Å². The fourth-order valence-electron chi connectivity index (χ4n) is 3.62. The average molecular weight is 447 g/mol. The van der Waals surface area contributed by atoms with Gasteiger partial charge in [-0.05, 0) is 31.5 Å². The van der Waals surface area contributed by atoms with Crippen LogP contribution in [0.5, 0.6) is 0 Å². The number of anilines is 2. The van der Waals surface area contributed by atoms with Crippen molar-refractivity contribution in [2.75, 3.05) is 36.4 Å². The highest BCUT2D eigenvalue weighted by molar-refractivity contribution is 7.88. The lowest BCUT2D eigenvalue weighted by Gasteiger charge is -2.37. The summed E-state index contributed by atoms with van der Waals surface area (Å²) in [4.78, 5) is 14.5. The van der Waals surface area contributed by atoms with Crippen molar-refractivity contribution in [2.24, 2.45) is 0 Å². The Labute approximate surface area is 184 Å². The van der Waals surface area contributed by atoms with Gasteiger partial charge in [0.15, 0.2) is 0 Å². The molecule has 2 aromatic rings. The number of benzene rings is 2. The minimum absolute atomic E-state index is 0.0934. The van der Waals surface area contributed by atoms with E-state index in [1.807, 2.05) is 44.2 Å². The Morgan fingerprint density at radius 2 is 1.65 bits per heavy atom. The van der Waals surface area contributed by atoms with Crippen LogP contribution in [0.2, 0.25) is 0 Å². The first kappa shape index (κ1) is 23.1. The summed E-state index contributed by atoms with van der Waals surface area (Å²) in [6.45, 7) is 5.84. The summed E-state index contributed by atoms with van der Waals surface area (Å²) < 4.78 is 32.6. The number of sulfonamides is 1. The molecular weight excluding hydrogens is 416 g/mol. The number of nitrogens with one attached hydrogen (secondary N) is 3. The number of carbonyl (C=O) groups excluding carboxylic acids is 1. The van der Waals surface area contributed by atoms with Crippen molar-refractivity contribution in [2.45, 2.75) is 31.8 Å². The van der Waals surface area contributed by atoms with Gasteiger partial charge in [0.1, 0.15) is 0 Å². The molecule has 2 atom stereocenters. The van der Waals surface area contributed by atoms with E-state index >= 15 is 0 Å². The molecule has 1 aliphatic rings. The number of carbonyl (C=O) groups is 1. The standard InChI is InChI=1S/C22H30N4O4S/c1-17-14-26(15-18(2)30-17)21-11-7-6-10-20(21)25-22(27)23-12-13-24-31(28,29)16-19-8-4-3-5-9-19/h3-11,17-18,24H,12-16H2,1-2H3,(H2,23,25,27)/t17-,18-/m0/s1. The highest BCUT2D eigenvalue weighted by Crippen LogP contribution is 2.28. The van der Waals surface area contributed by atoms with Crippen molar-refractivity contribution in [1.82, 2.24) is 10.0 Å². The Morgan fingerprint density at radius 1 is 1.00 bits per heavy atom. The predicted molar refractivity (Wildman–Crippen MR) is 123 cm³/mol. The van der Waals surface area contributed by atoms with Gasteiger partial charge in [-0.25, -0.2) is 17.9 Å². The summed E-state index contributed by atoms with van der Waals surface area (Å²) in [6.07, 6.45) is 0.212. The number of hydrogen-bond acceptors (Lipinski definition) is 5. The van der Waals surface area contributed by atoms with Crippen molar-refractivity contribution in [3.05, 3.63) is 60.2 Å². The molecule has 0 radical (unpaired) electrons. The molecule has 0 aromatic heterocycles. The van der Waals surface area contributed by atoms with E-state index in [4.69, 9.17) is 4.74 Å². The number of morpholine rings is 1. The smallest absolute Gasteiger partial charge is 0.319 e. The zero-order chi connectivity index (χ0) is 22.3. The lowest BCUT2D eigenvalue weighted by Crippen LogP contribution is -2.46. The minimum Gasteiger partial charge on any atom is -0.372 e. The van der Waals surface area contributed by atoms with Crippen LogP contribution in [0.15, 0.2) is 54.6 Å². The number of ether oxygens (including phenoxy) is 1. The summed E-state index contributed by atoms with van der Waals surface area (Å²) >= 11 is 0. The Balaban J connectivity index is 1.48. The summed E-state index contributed by atoms with van der Waals surface area (Å²) in [5, 5.41) is 5.56. The van der Waals surface area contributed by atoms with E-state index in [2.05, 4.69) is 20.3 Å². The maximum Gasteiger partial charge on any atom is 0.319 e. The molecule has 1 saturated heterocycles. The summed E-state index contributed by atoms with van der Waals surface area (Å²) in [7, 11) is -3.46. The number of hydrogen-bond donors (Lipinski definition) is 3. The number of urea groups is 1. The highest BCUT2D eigenvalue weighted by atomic mass is 32.2. The van der Waals surface area contributed by atoms with E-state index in [-0.39, 0.29) is 37.1 Å². The molecule has 0 spiro atoms. The second kappa shape index (κ2) is 10.6. The fourth-order valence-corrected chi connectivity index (χ4v) is 4.77. The average Bonchev–Trinajstić information content (AvgIpc) is 2.71. The van der Waals surface area contributed by atoms with E-state index in [1.165, 1.54) is 0 Å². The molecule has 0 saturated carbocycles. The molecule has 9 heteroatoms. The van der Waals surface area contributed by atoms with Crippen LogP contribution in [-0.2, 0) is 20.5 Å². The topological polar surface area (TPSA) is 99.8 Å². The van der Waals surface area contributed by atoms with Gasteiger partial charge in [-0.15, -0.1) is 0 Å². The van der Waals surface area contributed by atoms with Gasteiger partial charge in [0, 0.05) is 26.2 Å². The molecule has 0 unspecified atom stereocenters. The maximum atomic E-state index is 12.3. The van der Waals surface area contributed by atoms with E-state index in [0.29, 0.717) is 11.3 Å². The number of para-hydroxylation sites is 2. The number of rotatable bonds is 8. The Kier molecular flexibility index (Phi) is 7.89. The zero-order valence-corrected chi connectivity index (χ0v) is 18.7. The van der Waals surface area contributed by atoms with Crippen molar-refractivity contribution in [3.63, 3.8) is 0 Å². The van der Waals surface area contributed by atoms with Gasteiger partial charge in [0.2, 0.25) is 10.0 Å². The van der Waals surface area contributed by atoms with Crippen LogP contribution in [0.1, 0.15) is 19.4 Å². The summed E-state index contributed by atoms with van der Waals surface area (Å²) in [5.74, 6) is -0.0934. The molecule has 1 heterocycles. The van der Waals surface area contributed by atoms with E-state index < -0.39 is 10.0 Å². The van der Waals surface area contributed by atoms with Gasteiger partial charge >= 0.3 is 6.03 Å². The van der Waals surface area contributed by atoms with Crippen LogP contribution in [0.25, 0.3) is 0 Å². The second-order valence-electron chi connectivity index (χ2n) is 7.70. The molecule has 1 aliphatic heterocycles. The van der Waals surface area contributed by atoms with Crippen LogP contribution in [0.3, 0.4) is 0 Å². The highest BCUT2D eigenvalue weighted by Gasteiger charge is 2.24. The molecule has 168 valence electrons. The van der Waals surface area contributed by atoms with Gasteiger partial charge in [-0.1, -0.05) is 42.5 Å². The van der Waals surface area contributed by atoms with Gasteiger partial charge in [-0.3, -0.25) is 0 Å². The normalized spacial score (nSPS) is 19.1. The minimum atomic E-state index is -3.46. The van der Waals surface area contributed by atoms with E-state index in [1.54, 1.807) is 24.3 Å². The SMILES string of the molecule is C[C@H]1CN(c2ccccc2NC(=O)NCCNS(=O)(=O)Cc2ccccc2)C[C@H](C)O1. The molecule has 2 amide bonds. The van der Waals surface area contributed by atoms with E-state index in [9.17, 15) is 13.2 Å². The molecule has 31 heavy (non-hydrogen) atoms. The quantitative estimate of drug-likeness (QED) is 0.541. The van der Waals surface area contributed by atoms with Crippen LogP contribution < -0.4 is 20.3 Å². The molecular formula is C22H30N4O4S. The van der Waals surface area contributed by atoms with Crippen LogP contribution in [0, 0.1) is 0 Å². The molecule has 1 fully saturated rings. The summed E-state index contributed by atoms with van der Waals surface area (Å²) in [6, 6.07) is 16.2. The summed E-state index contributed by atoms with van der Waals surface area (Å²) in [5.41, 5.74) is 2.35. The first-order chi connectivity index (χ1) is 14.8. The van der Waals surface area contributed by atoms with Gasteiger partial charge in [-0.2, -0.15) is 0 Å². The van der Waals surface area contributed by atoms with Gasteiger partial charge < -0.3 is 20.3 Å². The van der Waals surface area contributed by atoms with Crippen molar-refractivity contribution in [1.29, 1.82) is 0 Å². The third-order valence-electron chi connectivity index (χ3n) is 4.84. The monoisotopic (exact) mass is 446 g/mol. The third-order valence-corrected chi connectivity index (χ3v) is 6.20. The third kappa shape index (κ3) is 7.23. The lowest BCUT2D eigenvalue weighted by molar-refractivity contribution is -0.00517. The Bertz CT molecular complexity index is 958. The maximum absolute atomic E-state index is 12.3. The van der Waals surface area contributed by atoms with Crippen molar-refractivity contribution < 1.29 is 17.9 Å². The molecule has 0 aliphatic carbocycles. The zero-order valence-electron chi connectivity index (χ0n) is 17.9. The van der Waals surface area contributed by atoms with Crippen LogP contribution in [0.4, 0.5) is 16.2 Å². The first-order valence-electron chi connectivity index (χ1n) is 10.4.